The number of fused-ring (bicyclic) bond motifs is 1. The summed E-state index contributed by atoms with van der Waals surface area (Å²) in [6.45, 7) is 9.62. The lowest BCUT2D eigenvalue weighted by Gasteiger charge is -2.42. The summed E-state index contributed by atoms with van der Waals surface area (Å²) in [4.78, 5) is 8.34. The zero-order chi connectivity index (χ0) is 11.8. The smallest absolute Gasteiger partial charge is 0.0332 e. The average Bonchev–Trinajstić information content (AvgIpc) is 2.88. The topological polar surface area (TPSA) is 6.48 Å². The van der Waals surface area contributed by atoms with E-state index >= 15 is 0 Å². The van der Waals surface area contributed by atoms with Gasteiger partial charge in [-0.2, -0.15) is 0 Å². The zero-order valence-electron chi connectivity index (χ0n) is 10.9. The van der Waals surface area contributed by atoms with Crippen molar-refractivity contribution in [3.63, 3.8) is 0 Å². The molecule has 0 amide bonds. The third-order valence-electron chi connectivity index (χ3n) is 4.22. The second-order valence-corrected chi connectivity index (χ2v) is 6.95. The molecule has 2 nitrogen and oxygen atoms in total. The Balaban J connectivity index is 1.66. The molecular weight excluding hydrogens is 228 g/mol. The van der Waals surface area contributed by atoms with Crippen LogP contribution in [-0.4, -0.2) is 41.5 Å². The molecular formula is C14H22N2S. The van der Waals surface area contributed by atoms with Crippen LogP contribution in [0.3, 0.4) is 0 Å². The Labute approximate surface area is 108 Å². The number of aryl methyl sites for hydroxylation is 1. The second-order valence-electron chi connectivity index (χ2n) is 5.58. The van der Waals surface area contributed by atoms with E-state index in [0.29, 0.717) is 6.04 Å². The normalized spacial score (nSPS) is 30.7. The van der Waals surface area contributed by atoms with Gasteiger partial charge in [0.05, 0.1) is 0 Å². The summed E-state index contributed by atoms with van der Waals surface area (Å²) in [5.74, 6) is 0. The Kier molecular flexibility index (Phi) is 3.24. The van der Waals surface area contributed by atoms with Gasteiger partial charge in [0.1, 0.15) is 0 Å². The SMILES string of the molecule is Cc1ccc(CN2CC3CCCN3C[C@H]2C)s1. The molecule has 2 fully saturated rings. The van der Waals surface area contributed by atoms with Gasteiger partial charge in [-0.15, -0.1) is 11.3 Å². The second kappa shape index (κ2) is 4.71. The van der Waals surface area contributed by atoms with E-state index in [9.17, 15) is 0 Å². The van der Waals surface area contributed by atoms with Crippen molar-refractivity contribution in [1.82, 2.24) is 9.80 Å². The molecule has 0 bridgehead atoms. The van der Waals surface area contributed by atoms with Gasteiger partial charge in [0.15, 0.2) is 0 Å². The Hall–Kier alpha value is -0.380. The van der Waals surface area contributed by atoms with Crippen molar-refractivity contribution < 1.29 is 0 Å². The molecule has 0 N–H and O–H groups in total. The van der Waals surface area contributed by atoms with Gasteiger partial charge in [0, 0.05) is 41.5 Å². The van der Waals surface area contributed by atoms with Crippen molar-refractivity contribution in [2.75, 3.05) is 19.6 Å². The maximum atomic E-state index is 2.70. The first-order valence-electron chi connectivity index (χ1n) is 6.76. The van der Waals surface area contributed by atoms with Crippen LogP contribution >= 0.6 is 11.3 Å². The molecule has 2 aliphatic heterocycles. The van der Waals surface area contributed by atoms with Crippen LogP contribution in [0, 0.1) is 6.92 Å². The monoisotopic (exact) mass is 250 g/mol. The lowest BCUT2D eigenvalue weighted by Crippen LogP contribution is -2.54. The van der Waals surface area contributed by atoms with Crippen molar-refractivity contribution in [2.24, 2.45) is 0 Å². The van der Waals surface area contributed by atoms with E-state index < -0.39 is 0 Å². The largest absolute Gasteiger partial charge is 0.298 e. The number of nitrogens with zero attached hydrogens (tertiary/aromatic N) is 2. The predicted molar refractivity (Wildman–Crippen MR) is 73.5 cm³/mol. The van der Waals surface area contributed by atoms with Gasteiger partial charge in [-0.3, -0.25) is 9.80 Å². The van der Waals surface area contributed by atoms with Crippen molar-refractivity contribution >= 4 is 11.3 Å². The molecule has 2 aliphatic rings. The predicted octanol–water partition coefficient (Wildman–Crippen LogP) is 2.73. The van der Waals surface area contributed by atoms with Crippen molar-refractivity contribution in [1.29, 1.82) is 0 Å². The first-order chi connectivity index (χ1) is 8.22. The van der Waals surface area contributed by atoms with E-state index in [1.165, 1.54) is 42.2 Å². The highest BCUT2D eigenvalue weighted by Crippen LogP contribution is 2.27. The molecule has 1 aromatic heterocycles. The summed E-state index contributed by atoms with van der Waals surface area (Å²) in [7, 11) is 0. The molecule has 3 heterocycles. The number of thiophene rings is 1. The van der Waals surface area contributed by atoms with E-state index in [1.54, 1.807) is 0 Å². The first-order valence-corrected chi connectivity index (χ1v) is 7.57. The van der Waals surface area contributed by atoms with E-state index in [0.717, 1.165) is 12.6 Å². The van der Waals surface area contributed by atoms with Gasteiger partial charge in [0.25, 0.3) is 0 Å². The number of hydrogen-bond donors (Lipinski definition) is 0. The molecule has 1 unspecified atom stereocenters. The summed E-state index contributed by atoms with van der Waals surface area (Å²) >= 11 is 1.95. The van der Waals surface area contributed by atoms with E-state index in [1.807, 2.05) is 11.3 Å². The highest BCUT2D eigenvalue weighted by atomic mass is 32.1. The van der Waals surface area contributed by atoms with Crippen LogP contribution in [0.5, 0.6) is 0 Å². The van der Waals surface area contributed by atoms with Gasteiger partial charge < -0.3 is 0 Å². The highest BCUT2D eigenvalue weighted by Gasteiger charge is 2.34. The van der Waals surface area contributed by atoms with Crippen LogP contribution in [-0.2, 0) is 6.54 Å². The summed E-state index contributed by atoms with van der Waals surface area (Å²) < 4.78 is 0. The van der Waals surface area contributed by atoms with Gasteiger partial charge in [-0.1, -0.05) is 0 Å². The lowest BCUT2D eigenvalue weighted by atomic mass is 10.1. The quantitative estimate of drug-likeness (QED) is 0.796. The highest BCUT2D eigenvalue weighted by molar-refractivity contribution is 7.11. The van der Waals surface area contributed by atoms with Crippen LogP contribution in [0.1, 0.15) is 29.5 Å². The fourth-order valence-electron chi connectivity index (χ4n) is 3.24. The molecule has 94 valence electrons. The number of piperazine rings is 1. The molecule has 0 saturated carbocycles. The Morgan fingerprint density at radius 1 is 1.35 bits per heavy atom. The van der Waals surface area contributed by atoms with Crippen molar-refractivity contribution in [3.8, 4) is 0 Å². The van der Waals surface area contributed by atoms with Crippen LogP contribution in [0.15, 0.2) is 12.1 Å². The maximum absolute atomic E-state index is 2.70. The molecule has 2 atom stereocenters. The molecule has 3 rings (SSSR count). The van der Waals surface area contributed by atoms with Gasteiger partial charge >= 0.3 is 0 Å². The van der Waals surface area contributed by atoms with Crippen LogP contribution in [0.25, 0.3) is 0 Å². The average molecular weight is 250 g/mol. The van der Waals surface area contributed by atoms with Gasteiger partial charge in [-0.05, 0) is 45.4 Å². The molecule has 17 heavy (non-hydrogen) atoms. The molecule has 0 aliphatic carbocycles. The van der Waals surface area contributed by atoms with Gasteiger partial charge in [-0.25, -0.2) is 0 Å². The molecule has 0 aromatic carbocycles. The third kappa shape index (κ3) is 2.42. The molecule has 3 heteroatoms. The summed E-state index contributed by atoms with van der Waals surface area (Å²) in [5.41, 5.74) is 0. The van der Waals surface area contributed by atoms with Crippen LogP contribution < -0.4 is 0 Å². The van der Waals surface area contributed by atoms with Crippen LogP contribution in [0.4, 0.5) is 0 Å². The fraction of sp³-hybridized carbons (Fsp3) is 0.714. The molecule has 1 aromatic rings. The third-order valence-corrected chi connectivity index (χ3v) is 5.21. The molecule has 0 radical (unpaired) electrons. The Morgan fingerprint density at radius 2 is 2.24 bits per heavy atom. The molecule has 2 saturated heterocycles. The number of hydrogen-bond acceptors (Lipinski definition) is 3. The Bertz CT molecular complexity index is 387. The fourth-order valence-corrected chi connectivity index (χ4v) is 4.15. The summed E-state index contributed by atoms with van der Waals surface area (Å²) in [6, 6.07) is 6.10. The van der Waals surface area contributed by atoms with Crippen LogP contribution in [0.2, 0.25) is 0 Å². The standard InChI is InChI=1S/C14H22N2S/c1-11-8-15-7-3-4-13(15)9-16(11)10-14-6-5-12(2)17-14/h5-6,11,13H,3-4,7-10H2,1-2H3/t11-,13?/m1/s1. The minimum atomic E-state index is 0.715. The summed E-state index contributed by atoms with van der Waals surface area (Å²) in [6.07, 6.45) is 2.82. The summed E-state index contributed by atoms with van der Waals surface area (Å²) in [5, 5.41) is 0. The number of rotatable bonds is 2. The molecule has 0 spiro atoms. The first kappa shape index (κ1) is 11.7. The maximum Gasteiger partial charge on any atom is 0.0332 e. The van der Waals surface area contributed by atoms with E-state index in [4.69, 9.17) is 0 Å². The minimum absolute atomic E-state index is 0.715. The zero-order valence-corrected chi connectivity index (χ0v) is 11.7. The minimum Gasteiger partial charge on any atom is -0.298 e. The van der Waals surface area contributed by atoms with Crippen molar-refractivity contribution in [3.05, 3.63) is 21.9 Å². The van der Waals surface area contributed by atoms with E-state index in [2.05, 4.69) is 35.8 Å². The van der Waals surface area contributed by atoms with Crippen molar-refractivity contribution in [2.45, 2.75) is 45.3 Å². The van der Waals surface area contributed by atoms with Gasteiger partial charge in [0.2, 0.25) is 0 Å². The lowest BCUT2D eigenvalue weighted by molar-refractivity contribution is 0.0547. The van der Waals surface area contributed by atoms with E-state index in [-0.39, 0.29) is 0 Å². The Morgan fingerprint density at radius 3 is 3.00 bits per heavy atom.